The van der Waals surface area contributed by atoms with Gasteiger partial charge in [-0.15, -0.1) is 0 Å². The average Bonchev–Trinajstić information content (AvgIpc) is 0.824. The summed E-state index contributed by atoms with van der Waals surface area (Å²) in [6.45, 7) is 23.7. The Labute approximate surface area is 690 Å². The van der Waals surface area contributed by atoms with Gasteiger partial charge in [0.2, 0.25) is 17.7 Å². The molecule has 0 aromatic heterocycles. The minimum Gasteiger partial charge on any atom is -0.461 e. The van der Waals surface area contributed by atoms with Gasteiger partial charge in [-0.05, 0) is 77.5 Å². The molecule has 0 saturated carbocycles. The first-order valence-corrected chi connectivity index (χ1v) is 41.4. The Morgan fingerprint density at radius 3 is 0.880 bits per heavy atom. The van der Waals surface area contributed by atoms with Crippen molar-refractivity contribution in [3.8, 4) is 0 Å². The normalized spacial score (nSPS) is 23.7. The van der Waals surface area contributed by atoms with E-state index in [1.54, 1.807) is 72.8 Å². The molecule has 29 heteroatoms. The summed E-state index contributed by atoms with van der Waals surface area (Å²) in [6, 6.07) is 35.7. The van der Waals surface area contributed by atoms with Crippen LogP contribution >= 0.6 is 0 Å². The molecule has 29 nitrogen and oxygen atoms in total. The topological polar surface area (TPSA) is 331 Å². The standard InChI is InChI=1S/C88H129N3O26/c1-62-65(4)75(56-112-82(96)72-24-16-11-17-25-72)115-85(68(62)7)108-51-48-102-45-42-99-39-33-89-78(92)30-36-105-59-88(54-81(95)111-55-71-22-14-10-15-23-71,60-106-37-31-79(93)90-34-40-100-43-46-103-49-52-109-86-69(8)63(2)66(5)76(116-86)57-113-83(97)73-26-18-12-19-27-73)61-107-38-32-80(94)91-35-41-101-44-47-104-50-53-110-87-70(9)64(3)67(6)77(117-87)58-114-84(98)74-28-20-13-21-29-74/h10-29,62-70,75-77,85-87H,30-61H2,1-9H3,(H,89,92)(H,90,93)(H,91,94)/t62-,63-,64-,65-,66-,67-,68?,69?,70?,75?,76?,77?,85-,86-,87-,88?/m0/s1. The quantitative estimate of drug-likeness (QED) is 0.0210. The van der Waals surface area contributed by atoms with E-state index in [4.69, 9.17) is 90.0 Å². The highest BCUT2D eigenvalue weighted by Gasteiger charge is 2.44. The first-order valence-electron chi connectivity index (χ1n) is 41.4. The third kappa shape index (κ3) is 36.2. The minimum atomic E-state index is -1.21. The molecule has 117 heavy (non-hydrogen) atoms. The van der Waals surface area contributed by atoms with Crippen LogP contribution in [0.15, 0.2) is 121 Å². The second kappa shape index (κ2) is 55.4. The summed E-state index contributed by atoms with van der Waals surface area (Å²) in [5, 5.41) is 8.52. The number of esters is 4. The first-order chi connectivity index (χ1) is 56.7. The molecular formula is C88H129N3O26. The average molecular weight is 1640 g/mol. The summed E-state index contributed by atoms with van der Waals surface area (Å²) >= 11 is 0. The van der Waals surface area contributed by atoms with Gasteiger partial charge < -0.3 is 106 Å². The van der Waals surface area contributed by atoms with Gasteiger partial charge in [0, 0.05) is 56.7 Å². The first kappa shape index (κ1) is 96.7. The molecule has 3 aliphatic rings. The summed E-state index contributed by atoms with van der Waals surface area (Å²) in [6.07, 6.45) is -2.78. The van der Waals surface area contributed by atoms with E-state index in [1.165, 1.54) is 0 Å². The van der Waals surface area contributed by atoms with Gasteiger partial charge in [-0.3, -0.25) is 19.2 Å². The van der Waals surface area contributed by atoms with Gasteiger partial charge in [-0.25, -0.2) is 14.4 Å². The van der Waals surface area contributed by atoms with Crippen molar-refractivity contribution in [1.29, 1.82) is 0 Å². The number of hydrogen-bond donors (Lipinski definition) is 3. The van der Waals surface area contributed by atoms with Gasteiger partial charge in [0.05, 0.1) is 186 Å². The predicted octanol–water partition coefficient (Wildman–Crippen LogP) is 9.30. The smallest absolute Gasteiger partial charge is 0.338 e. The number of rotatable bonds is 58. The Hall–Kier alpha value is -7.43. The second-order valence-corrected chi connectivity index (χ2v) is 30.3. The zero-order valence-corrected chi connectivity index (χ0v) is 69.9. The minimum absolute atomic E-state index is 0.000557. The molecular weight excluding hydrogens is 1510 g/mol. The maximum atomic E-state index is 13.8. The second-order valence-electron chi connectivity index (χ2n) is 30.3. The highest BCUT2D eigenvalue weighted by atomic mass is 16.7. The fourth-order valence-electron chi connectivity index (χ4n) is 13.5. The Balaban J connectivity index is 0.802. The van der Waals surface area contributed by atoms with Crippen LogP contribution in [0.5, 0.6) is 0 Å². The Morgan fingerprint density at radius 1 is 0.308 bits per heavy atom. The zero-order valence-electron chi connectivity index (χ0n) is 69.9. The van der Waals surface area contributed by atoms with Crippen molar-refractivity contribution in [2.45, 2.75) is 132 Å². The van der Waals surface area contributed by atoms with Crippen LogP contribution in [-0.2, 0) is 116 Å². The van der Waals surface area contributed by atoms with E-state index in [0.29, 0.717) is 56.3 Å². The van der Waals surface area contributed by atoms with E-state index >= 15 is 0 Å². The van der Waals surface area contributed by atoms with E-state index in [9.17, 15) is 33.6 Å². The van der Waals surface area contributed by atoms with Crippen molar-refractivity contribution in [3.05, 3.63) is 144 Å². The van der Waals surface area contributed by atoms with Crippen molar-refractivity contribution < 1.29 is 124 Å². The third-order valence-corrected chi connectivity index (χ3v) is 21.9. The Morgan fingerprint density at radius 2 is 0.581 bits per heavy atom. The van der Waals surface area contributed by atoms with E-state index in [1.807, 2.05) is 48.5 Å². The summed E-state index contributed by atoms with van der Waals surface area (Å²) in [7, 11) is 0. The van der Waals surface area contributed by atoms with Crippen LogP contribution in [0.25, 0.3) is 0 Å². The lowest BCUT2D eigenvalue weighted by Crippen LogP contribution is -2.48. The maximum Gasteiger partial charge on any atom is 0.338 e. The molecule has 3 N–H and O–H groups in total. The monoisotopic (exact) mass is 1640 g/mol. The molecule has 4 aromatic rings. The summed E-state index contributed by atoms with van der Waals surface area (Å²) in [4.78, 5) is 91.0. The van der Waals surface area contributed by atoms with Crippen molar-refractivity contribution in [3.63, 3.8) is 0 Å². The molecule has 3 amide bonds. The number of amides is 3. The molecule has 7 rings (SSSR count). The molecule has 3 saturated heterocycles. The van der Waals surface area contributed by atoms with Gasteiger partial charge in [0.15, 0.2) is 18.9 Å². The van der Waals surface area contributed by atoms with Crippen LogP contribution in [0.4, 0.5) is 0 Å². The van der Waals surface area contributed by atoms with Gasteiger partial charge in [0.1, 0.15) is 26.4 Å². The molecule has 3 aliphatic heterocycles. The summed E-state index contributed by atoms with van der Waals surface area (Å²) in [5.41, 5.74) is 1.00. The van der Waals surface area contributed by atoms with Crippen LogP contribution in [0.2, 0.25) is 0 Å². The maximum absolute atomic E-state index is 13.8. The molecule has 0 aliphatic carbocycles. The van der Waals surface area contributed by atoms with Crippen molar-refractivity contribution in [2.24, 2.45) is 58.7 Å². The van der Waals surface area contributed by atoms with Crippen molar-refractivity contribution in [2.75, 3.05) is 178 Å². The molecule has 3 heterocycles. The SMILES string of the molecule is CC1[C@@H](OCCOCCOCCNC(=O)CCOCC(COCCC(=O)NCCOCCOCCO[C@H]2OC(COC(=O)c3ccccc3)[C@@H](C)[C@H](C)C2C)(COCCC(=O)NCCOCCOCCO[C@H]2OC(COC(=O)c3ccccc3)[C@@H](C)[C@H](C)C2C)CC(=O)OCc2ccccc2)OC(COC(=O)c2ccccc2)[C@@H](C)[C@@H]1C. The number of hydrogen-bond acceptors (Lipinski definition) is 26. The number of carbonyl (C=O) groups excluding carboxylic acids is 7. The van der Waals surface area contributed by atoms with E-state index < -0.39 is 48.2 Å². The molecule has 0 radical (unpaired) electrons. The number of nitrogens with one attached hydrogen (secondary N) is 3. The van der Waals surface area contributed by atoms with Crippen LogP contribution in [0, 0.1) is 58.7 Å². The Kier molecular flexibility index (Phi) is 45.8. The van der Waals surface area contributed by atoms with Crippen LogP contribution in [0.1, 0.15) is 125 Å². The Bertz CT molecular complexity index is 3120. The highest BCUT2D eigenvalue weighted by molar-refractivity contribution is 5.90. The molecule has 4 aromatic carbocycles. The van der Waals surface area contributed by atoms with Crippen molar-refractivity contribution in [1.82, 2.24) is 16.0 Å². The van der Waals surface area contributed by atoms with E-state index in [2.05, 4.69) is 78.3 Å². The third-order valence-electron chi connectivity index (χ3n) is 21.9. The van der Waals surface area contributed by atoms with Crippen molar-refractivity contribution >= 4 is 41.6 Å². The molecule has 15 atom stereocenters. The van der Waals surface area contributed by atoms with E-state index in [0.717, 1.165) is 5.56 Å². The van der Waals surface area contributed by atoms with Crippen LogP contribution < -0.4 is 16.0 Å². The molecule has 0 bridgehead atoms. The highest BCUT2D eigenvalue weighted by Crippen LogP contribution is 2.39. The molecule has 6 unspecified atom stereocenters. The van der Waals surface area contributed by atoms with Crippen LogP contribution in [-0.4, -0.2) is 257 Å². The summed E-state index contributed by atoms with van der Waals surface area (Å²) in [5.74, 6) is -1.18. The fraction of sp³-hybridized carbons (Fsp3) is 0.648. The van der Waals surface area contributed by atoms with Gasteiger partial charge in [-0.2, -0.15) is 0 Å². The lowest BCUT2D eigenvalue weighted by molar-refractivity contribution is -0.256. The van der Waals surface area contributed by atoms with E-state index in [-0.39, 0.29) is 260 Å². The number of carbonyl (C=O) groups is 7. The van der Waals surface area contributed by atoms with Gasteiger partial charge in [0.25, 0.3) is 0 Å². The lowest BCUT2D eigenvalue weighted by atomic mass is 9.79. The molecule has 3 fully saturated rings. The number of benzene rings is 4. The predicted molar refractivity (Wildman–Crippen MR) is 430 cm³/mol. The largest absolute Gasteiger partial charge is 0.461 e. The lowest BCUT2D eigenvalue weighted by Gasteiger charge is -2.43. The van der Waals surface area contributed by atoms with Gasteiger partial charge in [-0.1, -0.05) is 147 Å². The summed E-state index contributed by atoms with van der Waals surface area (Å²) < 4.78 is 113. The number of ether oxygens (including phenoxy) is 19. The van der Waals surface area contributed by atoms with Gasteiger partial charge >= 0.3 is 23.9 Å². The molecule has 652 valence electrons. The van der Waals surface area contributed by atoms with Crippen LogP contribution in [0.3, 0.4) is 0 Å². The zero-order chi connectivity index (χ0) is 83.8. The fourth-order valence-corrected chi connectivity index (χ4v) is 13.5. The molecule has 0 spiro atoms.